The van der Waals surface area contributed by atoms with Gasteiger partial charge in [-0.3, -0.25) is 9.59 Å². The zero-order valence-corrected chi connectivity index (χ0v) is 15.2. The van der Waals surface area contributed by atoms with Gasteiger partial charge in [0.15, 0.2) is 11.5 Å². The zero-order chi connectivity index (χ0) is 19.3. The minimum atomic E-state index is -0.635. The van der Waals surface area contributed by atoms with Crippen LogP contribution in [0.15, 0.2) is 64.6 Å². The summed E-state index contributed by atoms with van der Waals surface area (Å²) in [7, 11) is 0. The second-order valence-electron chi connectivity index (χ2n) is 7.41. The first kappa shape index (κ1) is 16.9. The molecule has 0 radical (unpaired) electrons. The number of para-hydroxylation sites is 1. The molecule has 1 saturated carbocycles. The number of aromatic nitrogens is 1. The Morgan fingerprint density at radius 2 is 1.93 bits per heavy atom. The molecule has 0 saturated heterocycles. The topological polar surface area (TPSA) is 86.5 Å². The molecule has 1 aromatic carbocycles. The Bertz CT molecular complexity index is 1090. The van der Waals surface area contributed by atoms with Crippen LogP contribution in [0.5, 0.6) is 0 Å². The molecule has 0 bridgehead atoms. The number of Topliss-reactive ketones (excluding diaryl/α,β-unsaturated/α-hetero) is 1. The van der Waals surface area contributed by atoms with Gasteiger partial charge in [0.05, 0.1) is 17.9 Å². The van der Waals surface area contributed by atoms with Gasteiger partial charge in [-0.15, -0.1) is 0 Å². The summed E-state index contributed by atoms with van der Waals surface area (Å²) in [4.78, 5) is 31.1. The summed E-state index contributed by atoms with van der Waals surface area (Å²) in [5.41, 5.74) is 1.83. The van der Waals surface area contributed by atoms with E-state index in [1.807, 2.05) is 30.5 Å². The highest BCUT2D eigenvalue weighted by atomic mass is 16.3. The normalized spacial score (nSPS) is 20.6. The smallest absolute Gasteiger partial charge is 0.290 e. The molecule has 6 heteroatoms. The first-order chi connectivity index (χ1) is 13.7. The second-order valence-corrected chi connectivity index (χ2v) is 7.41. The Balaban J connectivity index is 1.69. The molecule has 2 N–H and O–H groups in total. The minimum Gasteiger partial charge on any atom is -0.503 e. The average Bonchev–Trinajstić information content (AvgIpc) is 3.49. The van der Waals surface area contributed by atoms with Gasteiger partial charge in [-0.05, 0) is 31.0 Å². The molecule has 3 aromatic rings. The number of nitrogens with zero attached hydrogens (tertiary/aromatic N) is 1. The Hall–Kier alpha value is -3.28. The van der Waals surface area contributed by atoms with Crippen molar-refractivity contribution >= 4 is 22.6 Å². The van der Waals surface area contributed by atoms with Crippen LogP contribution < -0.4 is 0 Å². The van der Waals surface area contributed by atoms with Crippen molar-refractivity contribution in [1.29, 1.82) is 0 Å². The number of amides is 1. The summed E-state index contributed by atoms with van der Waals surface area (Å²) in [6, 6.07) is 10.3. The average molecular weight is 376 g/mol. The molecule has 1 unspecified atom stereocenters. The number of hydrogen-bond acceptors (Lipinski definition) is 4. The number of fused-ring (bicyclic) bond motifs is 1. The van der Waals surface area contributed by atoms with Gasteiger partial charge in [-0.25, -0.2) is 0 Å². The Labute approximate surface area is 161 Å². The highest BCUT2D eigenvalue weighted by molar-refractivity contribution is 6.15. The first-order valence-electron chi connectivity index (χ1n) is 9.57. The van der Waals surface area contributed by atoms with Gasteiger partial charge in [-0.2, -0.15) is 0 Å². The van der Waals surface area contributed by atoms with Gasteiger partial charge in [-0.1, -0.05) is 31.0 Å². The number of aromatic amines is 1. The van der Waals surface area contributed by atoms with Crippen molar-refractivity contribution in [3.8, 4) is 0 Å². The quantitative estimate of drug-likeness (QED) is 0.666. The summed E-state index contributed by atoms with van der Waals surface area (Å²) in [6.45, 7) is 0. The van der Waals surface area contributed by atoms with Gasteiger partial charge >= 0.3 is 0 Å². The maximum atomic E-state index is 13.2. The van der Waals surface area contributed by atoms with Crippen LogP contribution in [-0.4, -0.2) is 32.7 Å². The van der Waals surface area contributed by atoms with Crippen molar-refractivity contribution in [3.63, 3.8) is 0 Å². The van der Waals surface area contributed by atoms with Crippen LogP contribution in [-0.2, 0) is 4.79 Å². The third-order valence-electron chi connectivity index (χ3n) is 5.87. The third kappa shape index (κ3) is 2.41. The Kier molecular flexibility index (Phi) is 3.86. The number of H-pyrrole nitrogens is 1. The predicted molar refractivity (Wildman–Crippen MR) is 103 cm³/mol. The molecule has 0 spiro atoms. The summed E-state index contributed by atoms with van der Waals surface area (Å²) in [5, 5.41) is 11.6. The van der Waals surface area contributed by atoms with Crippen molar-refractivity contribution in [1.82, 2.24) is 9.88 Å². The molecule has 6 nitrogen and oxygen atoms in total. The van der Waals surface area contributed by atoms with Crippen LogP contribution in [0.3, 0.4) is 0 Å². The lowest BCUT2D eigenvalue weighted by atomic mass is 9.94. The van der Waals surface area contributed by atoms with Crippen molar-refractivity contribution in [2.75, 3.05) is 0 Å². The number of carbonyl (C=O) groups is 2. The largest absolute Gasteiger partial charge is 0.503 e. The predicted octanol–water partition coefficient (Wildman–Crippen LogP) is 4.28. The number of aliphatic hydroxyl groups excluding tert-OH is 1. The molecule has 2 aliphatic rings. The molecular formula is C22H20N2O4. The van der Waals surface area contributed by atoms with Gasteiger partial charge in [0.1, 0.15) is 0 Å². The number of benzene rings is 1. The highest BCUT2D eigenvalue weighted by Gasteiger charge is 2.48. The third-order valence-corrected chi connectivity index (χ3v) is 5.87. The van der Waals surface area contributed by atoms with Crippen molar-refractivity contribution < 1.29 is 19.1 Å². The molecule has 28 heavy (non-hydrogen) atoms. The van der Waals surface area contributed by atoms with E-state index in [2.05, 4.69) is 4.98 Å². The van der Waals surface area contributed by atoms with Crippen LogP contribution in [0.25, 0.3) is 10.9 Å². The SMILES string of the molecule is O=C(C1=C(O)C(=O)N(C2CCCC2)C1c1c[nH]c2ccccc12)c1ccco1. The van der Waals surface area contributed by atoms with E-state index >= 15 is 0 Å². The van der Waals surface area contributed by atoms with E-state index < -0.39 is 23.5 Å². The van der Waals surface area contributed by atoms with E-state index in [-0.39, 0.29) is 17.4 Å². The number of rotatable bonds is 4. The van der Waals surface area contributed by atoms with Gasteiger partial charge in [0, 0.05) is 28.7 Å². The van der Waals surface area contributed by atoms with Gasteiger partial charge in [0.25, 0.3) is 5.91 Å². The van der Waals surface area contributed by atoms with Crippen LogP contribution in [0.2, 0.25) is 0 Å². The first-order valence-corrected chi connectivity index (χ1v) is 9.57. The fraction of sp³-hybridized carbons (Fsp3) is 0.273. The van der Waals surface area contributed by atoms with Crippen molar-refractivity contribution in [3.05, 3.63) is 71.5 Å². The summed E-state index contributed by atoms with van der Waals surface area (Å²) < 4.78 is 5.27. The van der Waals surface area contributed by atoms with E-state index in [0.29, 0.717) is 0 Å². The minimum absolute atomic E-state index is 0.00946. The number of hydrogen-bond donors (Lipinski definition) is 2. The molecule has 1 aliphatic heterocycles. The number of aliphatic hydroxyl groups is 1. The van der Waals surface area contributed by atoms with Crippen molar-refractivity contribution in [2.45, 2.75) is 37.8 Å². The monoisotopic (exact) mass is 376 g/mol. The van der Waals surface area contributed by atoms with Crippen molar-refractivity contribution in [2.24, 2.45) is 0 Å². The lowest BCUT2D eigenvalue weighted by Crippen LogP contribution is -2.38. The molecule has 3 heterocycles. The van der Waals surface area contributed by atoms with E-state index in [0.717, 1.165) is 42.1 Å². The number of furan rings is 1. The zero-order valence-electron chi connectivity index (χ0n) is 15.2. The molecule has 1 atom stereocenters. The molecule has 2 aromatic heterocycles. The summed E-state index contributed by atoms with van der Waals surface area (Å²) in [5.74, 6) is -1.28. The maximum absolute atomic E-state index is 13.2. The van der Waals surface area contributed by atoms with Crippen LogP contribution in [0.4, 0.5) is 0 Å². The fourth-order valence-corrected chi connectivity index (χ4v) is 4.58. The van der Waals surface area contributed by atoms with E-state index in [4.69, 9.17) is 4.42 Å². The highest BCUT2D eigenvalue weighted by Crippen LogP contribution is 2.45. The lowest BCUT2D eigenvalue weighted by Gasteiger charge is -2.31. The van der Waals surface area contributed by atoms with E-state index in [9.17, 15) is 14.7 Å². The van der Waals surface area contributed by atoms with Gasteiger partial charge < -0.3 is 19.4 Å². The Morgan fingerprint density at radius 3 is 2.68 bits per heavy atom. The Morgan fingerprint density at radius 1 is 1.14 bits per heavy atom. The lowest BCUT2D eigenvalue weighted by molar-refractivity contribution is -0.131. The van der Waals surface area contributed by atoms with E-state index in [1.54, 1.807) is 17.0 Å². The maximum Gasteiger partial charge on any atom is 0.290 e. The van der Waals surface area contributed by atoms with E-state index in [1.165, 1.54) is 6.26 Å². The molecule has 5 rings (SSSR count). The number of nitrogens with one attached hydrogen (secondary N) is 1. The van der Waals surface area contributed by atoms with Gasteiger partial charge in [0.2, 0.25) is 5.78 Å². The van der Waals surface area contributed by atoms with Crippen LogP contribution >= 0.6 is 0 Å². The molecule has 142 valence electrons. The van der Waals surface area contributed by atoms with Crippen LogP contribution in [0, 0.1) is 0 Å². The number of ketones is 1. The standard InChI is InChI=1S/C22H20N2O4/c25-20(17-10-5-11-28-17)18-19(15-12-23-16-9-4-3-8-14(15)16)24(22(27)21(18)26)13-6-1-2-7-13/h3-5,8-13,19,23,26H,1-2,6-7H2. The number of carbonyl (C=O) groups excluding carboxylic acids is 2. The summed E-state index contributed by atoms with van der Waals surface area (Å²) in [6.07, 6.45) is 7.07. The molecule has 1 aliphatic carbocycles. The second kappa shape index (κ2) is 6.41. The molecule has 1 amide bonds. The molecule has 1 fully saturated rings. The molecular weight excluding hydrogens is 356 g/mol. The fourth-order valence-electron chi connectivity index (χ4n) is 4.58. The van der Waals surface area contributed by atoms with Crippen LogP contribution in [0.1, 0.15) is 47.8 Å². The summed E-state index contributed by atoms with van der Waals surface area (Å²) >= 11 is 0.